The largest absolute Gasteiger partial charge is 0.348 e. The van der Waals surface area contributed by atoms with Crippen LogP contribution in [-0.2, 0) is 6.42 Å². The molecule has 4 heteroatoms. The Morgan fingerprint density at radius 2 is 2.16 bits per heavy atom. The summed E-state index contributed by atoms with van der Waals surface area (Å²) < 4.78 is 0. The SMILES string of the molecule is CCC1CCCN(c2nc3c(s2)C(=O)CCC3)CC1. The van der Waals surface area contributed by atoms with E-state index in [1.165, 1.54) is 25.7 Å². The van der Waals surface area contributed by atoms with E-state index in [1.54, 1.807) is 11.3 Å². The van der Waals surface area contributed by atoms with Crippen molar-refractivity contribution in [3.63, 3.8) is 0 Å². The van der Waals surface area contributed by atoms with E-state index in [2.05, 4.69) is 11.8 Å². The third-order valence-corrected chi connectivity index (χ3v) is 5.65. The summed E-state index contributed by atoms with van der Waals surface area (Å²) in [5.41, 5.74) is 1.06. The van der Waals surface area contributed by atoms with Crippen molar-refractivity contribution in [1.82, 2.24) is 4.98 Å². The molecule has 0 N–H and O–H groups in total. The molecule has 19 heavy (non-hydrogen) atoms. The van der Waals surface area contributed by atoms with Gasteiger partial charge >= 0.3 is 0 Å². The van der Waals surface area contributed by atoms with Crippen LogP contribution >= 0.6 is 11.3 Å². The third kappa shape index (κ3) is 2.69. The molecule has 1 unspecified atom stereocenters. The third-order valence-electron chi connectivity index (χ3n) is 4.45. The van der Waals surface area contributed by atoms with Crippen LogP contribution in [0.1, 0.15) is 60.8 Å². The predicted octanol–water partition coefficient (Wildman–Crippen LogP) is 3.68. The van der Waals surface area contributed by atoms with Crippen LogP contribution in [0.5, 0.6) is 0 Å². The molecule has 1 aliphatic heterocycles. The standard InChI is InChI=1S/C15H22N2OS/c1-2-11-5-4-9-17(10-8-11)15-16-12-6-3-7-13(18)14(12)19-15/h11H,2-10H2,1H3. The number of anilines is 1. The summed E-state index contributed by atoms with van der Waals surface area (Å²) in [4.78, 5) is 20.0. The van der Waals surface area contributed by atoms with Gasteiger partial charge in [0.05, 0.1) is 10.6 Å². The Labute approximate surface area is 119 Å². The fourth-order valence-electron chi connectivity index (χ4n) is 3.16. The molecule has 2 aliphatic rings. The number of ketones is 1. The molecule has 2 heterocycles. The van der Waals surface area contributed by atoms with Crippen LogP contribution in [0.15, 0.2) is 0 Å². The molecule has 3 rings (SSSR count). The average Bonchev–Trinajstić information content (AvgIpc) is 2.71. The summed E-state index contributed by atoms with van der Waals surface area (Å²) in [6.45, 7) is 4.51. The van der Waals surface area contributed by atoms with Crippen molar-refractivity contribution in [3.8, 4) is 0 Å². The summed E-state index contributed by atoms with van der Waals surface area (Å²) in [7, 11) is 0. The molecule has 1 aromatic rings. The van der Waals surface area contributed by atoms with Crippen molar-refractivity contribution >= 4 is 22.3 Å². The van der Waals surface area contributed by atoms with Gasteiger partial charge in [-0.2, -0.15) is 0 Å². The van der Waals surface area contributed by atoms with Crippen molar-refractivity contribution in [2.24, 2.45) is 5.92 Å². The van der Waals surface area contributed by atoms with E-state index in [0.29, 0.717) is 12.2 Å². The number of Topliss-reactive ketones (excluding diaryl/α,β-unsaturated/α-hetero) is 1. The van der Waals surface area contributed by atoms with E-state index in [0.717, 1.165) is 47.6 Å². The summed E-state index contributed by atoms with van der Waals surface area (Å²) in [6.07, 6.45) is 7.85. The number of fused-ring (bicyclic) bond motifs is 1. The number of thiazole rings is 1. The minimum Gasteiger partial charge on any atom is -0.348 e. The molecular formula is C15H22N2OS. The Morgan fingerprint density at radius 3 is 2.95 bits per heavy atom. The monoisotopic (exact) mass is 278 g/mol. The quantitative estimate of drug-likeness (QED) is 0.827. The van der Waals surface area contributed by atoms with Crippen molar-refractivity contribution in [1.29, 1.82) is 0 Å². The van der Waals surface area contributed by atoms with Gasteiger partial charge in [0.2, 0.25) is 0 Å². The molecule has 1 aromatic heterocycles. The maximum Gasteiger partial charge on any atom is 0.186 e. The number of nitrogens with zero attached hydrogens (tertiary/aromatic N) is 2. The molecule has 1 aliphatic carbocycles. The molecule has 0 saturated carbocycles. The van der Waals surface area contributed by atoms with Gasteiger partial charge in [0.25, 0.3) is 0 Å². The molecule has 0 aromatic carbocycles. The highest BCUT2D eigenvalue weighted by Gasteiger charge is 2.25. The van der Waals surface area contributed by atoms with E-state index >= 15 is 0 Å². The summed E-state index contributed by atoms with van der Waals surface area (Å²) in [6, 6.07) is 0. The van der Waals surface area contributed by atoms with Crippen molar-refractivity contribution in [2.75, 3.05) is 18.0 Å². The maximum absolute atomic E-state index is 11.9. The zero-order chi connectivity index (χ0) is 13.2. The van der Waals surface area contributed by atoms with Gasteiger partial charge in [0.15, 0.2) is 10.9 Å². The topological polar surface area (TPSA) is 33.2 Å². The number of carbonyl (C=O) groups excluding carboxylic acids is 1. The van der Waals surface area contributed by atoms with Crippen LogP contribution in [0, 0.1) is 5.92 Å². The minimum atomic E-state index is 0.311. The van der Waals surface area contributed by atoms with Gasteiger partial charge in [-0.1, -0.05) is 24.7 Å². The lowest BCUT2D eigenvalue weighted by molar-refractivity contribution is 0.0976. The van der Waals surface area contributed by atoms with Crippen LogP contribution in [0.2, 0.25) is 0 Å². The molecule has 0 amide bonds. The summed E-state index contributed by atoms with van der Waals surface area (Å²) >= 11 is 1.63. The fraction of sp³-hybridized carbons (Fsp3) is 0.733. The Bertz CT molecular complexity index is 469. The second-order valence-electron chi connectivity index (χ2n) is 5.74. The van der Waals surface area contributed by atoms with E-state index in [1.807, 2.05) is 0 Å². The van der Waals surface area contributed by atoms with E-state index < -0.39 is 0 Å². The molecule has 1 fully saturated rings. The second kappa shape index (κ2) is 5.61. The summed E-state index contributed by atoms with van der Waals surface area (Å²) in [5.74, 6) is 1.19. The smallest absolute Gasteiger partial charge is 0.186 e. The second-order valence-corrected chi connectivity index (χ2v) is 6.72. The van der Waals surface area contributed by atoms with Gasteiger partial charge in [-0.3, -0.25) is 4.79 Å². The number of aromatic nitrogens is 1. The highest BCUT2D eigenvalue weighted by molar-refractivity contribution is 7.17. The molecule has 0 spiro atoms. The Morgan fingerprint density at radius 1 is 1.26 bits per heavy atom. The first-order chi connectivity index (χ1) is 9.28. The Kier molecular flexibility index (Phi) is 3.87. The number of hydrogen-bond acceptors (Lipinski definition) is 4. The zero-order valence-corrected chi connectivity index (χ0v) is 12.5. The Balaban J connectivity index is 1.77. The first kappa shape index (κ1) is 13.1. The first-order valence-corrected chi connectivity index (χ1v) is 8.37. The molecule has 0 radical (unpaired) electrons. The molecule has 3 nitrogen and oxygen atoms in total. The van der Waals surface area contributed by atoms with Gasteiger partial charge in [-0.25, -0.2) is 4.98 Å². The van der Waals surface area contributed by atoms with Crippen LogP contribution in [0.3, 0.4) is 0 Å². The number of rotatable bonds is 2. The van der Waals surface area contributed by atoms with Crippen molar-refractivity contribution < 1.29 is 4.79 Å². The van der Waals surface area contributed by atoms with E-state index in [-0.39, 0.29) is 0 Å². The van der Waals surface area contributed by atoms with Gasteiger partial charge in [-0.05, 0) is 38.0 Å². The lowest BCUT2D eigenvalue weighted by Crippen LogP contribution is -2.24. The predicted molar refractivity (Wildman–Crippen MR) is 79.2 cm³/mol. The van der Waals surface area contributed by atoms with Crippen LogP contribution in [0.25, 0.3) is 0 Å². The van der Waals surface area contributed by atoms with Crippen LogP contribution in [-0.4, -0.2) is 23.9 Å². The number of aryl methyl sites for hydroxylation is 1. The number of carbonyl (C=O) groups is 1. The molecule has 0 bridgehead atoms. The van der Waals surface area contributed by atoms with Gasteiger partial charge in [0.1, 0.15) is 0 Å². The fourth-order valence-corrected chi connectivity index (χ4v) is 4.29. The molecule has 1 saturated heterocycles. The first-order valence-electron chi connectivity index (χ1n) is 7.55. The zero-order valence-electron chi connectivity index (χ0n) is 11.7. The minimum absolute atomic E-state index is 0.311. The highest BCUT2D eigenvalue weighted by atomic mass is 32.1. The molecular weight excluding hydrogens is 256 g/mol. The summed E-state index contributed by atoms with van der Waals surface area (Å²) in [5, 5.41) is 1.09. The number of hydrogen-bond donors (Lipinski definition) is 0. The van der Waals surface area contributed by atoms with E-state index in [9.17, 15) is 4.79 Å². The lowest BCUT2D eigenvalue weighted by Gasteiger charge is -2.19. The van der Waals surface area contributed by atoms with E-state index in [4.69, 9.17) is 4.98 Å². The average molecular weight is 278 g/mol. The van der Waals surface area contributed by atoms with Crippen molar-refractivity contribution in [3.05, 3.63) is 10.6 Å². The Hall–Kier alpha value is -0.900. The van der Waals surface area contributed by atoms with Crippen LogP contribution < -0.4 is 4.90 Å². The van der Waals surface area contributed by atoms with Gasteiger partial charge in [0, 0.05) is 19.5 Å². The van der Waals surface area contributed by atoms with Crippen molar-refractivity contribution in [2.45, 2.75) is 51.9 Å². The lowest BCUT2D eigenvalue weighted by atomic mass is 9.98. The van der Waals surface area contributed by atoms with Crippen LogP contribution in [0.4, 0.5) is 5.13 Å². The van der Waals surface area contributed by atoms with Gasteiger partial charge in [-0.15, -0.1) is 0 Å². The molecule has 104 valence electrons. The maximum atomic E-state index is 11.9. The molecule has 1 atom stereocenters. The highest BCUT2D eigenvalue weighted by Crippen LogP contribution is 2.33. The van der Waals surface area contributed by atoms with Gasteiger partial charge < -0.3 is 4.90 Å². The normalized spacial score (nSPS) is 24.2.